The van der Waals surface area contributed by atoms with E-state index in [0.29, 0.717) is 0 Å². The van der Waals surface area contributed by atoms with Crippen LogP contribution < -0.4 is 0 Å². The average Bonchev–Trinajstić information content (AvgIpc) is 2.85. The monoisotopic (exact) mass is 234 g/mol. The quantitative estimate of drug-likeness (QED) is 0.411. The van der Waals surface area contributed by atoms with Gasteiger partial charge in [0.05, 0.1) is 19.6 Å². The summed E-state index contributed by atoms with van der Waals surface area (Å²) >= 11 is 0. The fourth-order valence-electron chi connectivity index (χ4n) is 1.36. The van der Waals surface area contributed by atoms with Gasteiger partial charge in [0.25, 0.3) is 0 Å². The maximum absolute atomic E-state index is 10.7. The van der Waals surface area contributed by atoms with E-state index >= 15 is 0 Å². The van der Waals surface area contributed by atoms with Gasteiger partial charge < -0.3 is 9.15 Å². The van der Waals surface area contributed by atoms with Gasteiger partial charge in [-0.05, 0) is 31.7 Å². The van der Waals surface area contributed by atoms with Crippen LogP contribution in [0.2, 0.25) is 0 Å². The first kappa shape index (κ1) is 13.3. The molecule has 0 aliphatic carbocycles. The maximum Gasteiger partial charge on any atom is 0.330 e. The maximum atomic E-state index is 10.7. The molecule has 0 bridgehead atoms. The number of rotatable bonds is 7. The lowest BCUT2D eigenvalue weighted by atomic mass is 10.1. The third-order valence-corrected chi connectivity index (χ3v) is 2.30. The summed E-state index contributed by atoms with van der Waals surface area (Å²) in [6.45, 7) is 0. The minimum Gasteiger partial charge on any atom is -0.472 e. The first-order chi connectivity index (χ1) is 8.33. The van der Waals surface area contributed by atoms with Crippen LogP contribution in [0.1, 0.15) is 31.2 Å². The van der Waals surface area contributed by atoms with Crippen LogP contribution >= 0.6 is 0 Å². The highest BCUT2D eigenvalue weighted by atomic mass is 16.5. The molecule has 0 spiro atoms. The number of carbonyl (C=O) groups excluding carboxylic acids is 1. The summed E-state index contributed by atoms with van der Waals surface area (Å²) in [5, 5.41) is 0. The molecule has 17 heavy (non-hydrogen) atoms. The lowest BCUT2D eigenvalue weighted by Crippen LogP contribution is -1.93. The highest BCUT2D eigenvalue weighted by Crippen LogP contribution is 2.06. The van der Waals surface area contributed by atoms with Crippen LogP contribution in [0.3, 0.4) is 0 Å². The molecule has 1 aromatic rings. The second-order valence-corrected chi connectivity index (χ2v) is 3.67. The lowest BCUT2D eigenvalue weighted by molar-refractivity contribution is -0.134. The zero-order valence-corrected chi connectivity index (χ0v) is 10.1. The smallest absolute Gasteiger partial charge is 0.330 e. The summed E-state index contributed by atoms with van der Waals surface area (Å²) in [5.74, 6) is -0.287. The Hall–Kier alpha value is -1.77. The molecule has 3 heteroatoms. The van der Waals surface area contributed by atoms with E-state index in [9.17, 15) is 4.79 Å². The lowest BCUT2D eigenvalue weighted by Gasteiger charge is -1.93. The van der Waals surface area contributed by atoms with Crippen LogP contribution in [0, 0.1) is 0 Å². The SMILES string of the molecule is COC(=O)/C=C/CCCC/C=C/c1ccoc1. The molecule has 0 atom stereocenters. The Balaban J connectivity index is 2.01. The van der Waals surface area contributed by atoms with E-state index in [1.165, 1.54) is 13.2 Å². The molecule has 3 nitrogen and oxygen atoms in total. The molecule has 0 saturated carbocycles. The number of ether oxygens (including phenoxy) is 1. The van der Waals surface area contributed by atoms with Crippen LogP contribution in [-0.4, -0.2) is 13.1 Å². The van der Waals surface area contributed by atoms with Gasteiger partial charge >= 0.3 is 5.97 Å². The summed E-state index contributed by atoms with van der Waals surface area (Å²) in [4.78, 5) is 10.7. The van der Waals surface area contributed by atoms with Gasteiger partial charge in [-0.3, -0.25) is 0 Å². The Morgan fingerprint density at radius 1 is 1.35 bits per heavy atom. The first-order valence-electron chi connectivity index (χ1n) is 5.76. The molecule has 0 radical (unpaired) electrons. The van der Waals surface area contributed by atoms with Crippen LogP contribution in [0.25, 0.3) is 6.08 Å². The summed E-state index contributed by atoms with van der Waals surface area (Å²) in [7, 11) is 1.38. The number of hydrogen-bond acceptors (Lipinski definition) is 3. The van der Waals surface area contributed by atoms with E-state index in [0.717, 1.165) is 31.2 Å². The van der Waals surface area contributed by atoms with Crippen LogP contribution in [0.4, 0.5) is 0 Å². The van der Waals surface area contributed by atoms with E-state index in [2.05, 4.69) is 10.8 Å². The van der Waals surface area contributed by atoms with E-state index in [4.69, 9.17) is 4.42 Å². The van der Waals surface area contributed by atoms with E-state index < -0.39 is 0 Å². The van der Waals surface area contributed by atoms with Crippen molar-refractivity contribution in [3.8, 4) is 0 Å². The standard InChI is InChI=1S/C14H18O3/c1-16-14(15)9-7-5-3-2-4-6-8-13-10-11-17-12-13/h6-12H,2-5H2,1H3/b8-6+,9-7+. The molecule has 0 saturated heterocycles. The van der Waals surface area contributed by atoms with Gasteiger partial charge in [0.15, 0.2) is 0 Å². The van der Waals surface area contributed by atoms with Crippen molar-refractivity contribution < 1.29 is 13.9 Å². The number of unbranched alkanes of at least 4 members (excludes halogenated alkanes) is 3. The number of hydrogen-bond donors (Lipinski definition) is 0. The van der Waals surface area contributed by atoms with Gasteiger partial charge in [0, 0.05) is 11.6 Å². The minimum atomic E-state index is -0.287. The van der Waals surface area contributed by atoms with E-state index in [1.807, 2.05) is 18.2 Å². The molecule has 0 aromatic carbocycles. The Kier molecular flexibility index (Phi) is 6.56. The highest BCUT2D eigenvalue weighted by Gasteiger charge is 1.90. The predicted octanol–water partition coefficient (Wildman–Crippen LogP) is 3.58. The highest BCUT2D eigenvalue weighted by molar-refractivity contribution is 5.81. The van der Waals surface area contributed by atoms with Crippen molar-refractivity contribution in [2.75, 3.05) is 7.11 Å². The number of esters is 1. The van der Waals surface area contributed by atoms with Crippen molar-refractivity contribution in [2.45, 2.75) is 25.7 Å². The van der Waals surface area contributed by atoms with Gasteiger partial charge in [-0.1, -0.05) is 18.2 Å². The fourth-order valence-corrected chi connectivity index (χ4v) is 1.36. The van der Waals surface area contributed by atoms with Gasteiger partial charge in [-0.15, -0.1) is 0 Å². The molecule has 92 valence electrons. The Morgan fingerprint density at radius 3 is 2.76 bits per heavy atom. The van der Waals surface area contributed by atoms with Crippen LogP contribution in [0.5, 0.6) is 0 Å². The number of allylic oxidation sites excluding steroid dienone is 2. The molecule has 0 fully saturated rings. The topological polar surface area (TPSA) is 39.4 Å². The van der Waals surface area contributed by atoms with Crippen molar-refractivity contribution in [1.82, 2.24) is 0 Å². The zero-order valence-electron chi connectivity index (χ0n) is 10.1. The first-order valence-corrected chi connectivity index (χ1v) is 5.76. The summed E-state index contributed by atoms with van der Waals surface area (Å²) in [6.07, 6.45) is 15.0. The largest absolute Gasteiger partial charge is 0.472 e. The second kappa shape index (κ2) is 8.39. The Morgan fingerprint density at radius 2 is 2.12 bits per heavy atom. The third-order valence-electron chi connectivity index (χ3n) is 2.30. The van der Waals surface area contributed by atoms with Crippen molar-refractivity contribution in [3.05, 3.63) is 42.4 Å². The second-order valence-electron chi connectivity index (χ2n) is 3.67. The van der Waals surface area contributed by atoms with E-state index in [1.54, 1.807) is 12.5 Å². The van der Waals surface area contributed by atoms with Crippen molar-refractivity contribution in [1.29, 1.82) is 0 Å². The average molecular weight is 234 g/mol. The van der Waals surface area contributed by atoms with Gasteiger partial charge in [0.2, 0.25) is 0 Å². The van der Waals surface area contributed by atoms with Gasteiger partial charge in [-0.2, -0.15) is 0 Å². The molecule has 1 heterocycles. The number of methoxy groups -OCH3 is 1. The van der Waals surface area contributed by atoms with Crippen LogP contribution in [0.15, 0.2) is 41.2 Å². The predicted molar refractivity (Wildman–Crippen MR) is 67.4 cm³/mol. The van der Waals surface area contributed by atoms with Gasteiger partial charge in [-0.25, -0.2) is 4.79 Å². The number of carbonyl (C=O) groups is 1. The normalized spacial score (nSPS) is 11.4. The van der Waals surface area contributed by atoms with E-state index in [-0.39, 0.29) is 5.97 Å². The van der Waals surface area contributed by atoms with Crippen molar-refractivity contribution >= 4 is 12.0 Å². The zero-order chi connectivity index (χ0) is 12.3. The van der Waals surface area contributed by atoms with Gasteiger partial charge in [0.1, 0.15) is 0 Å². The molecule has 0 N–H and O–H groups in total. The van der Waals surface area contributed by atoms with Crippen molar-refractivity contribution in [2.24, 2.45) is 0 Å². The van der Waals surface area contributed by atoms with Crippen molar-refractivity contribution in [3.63, 3.8) is 0 Å². The third kappa shape index (κ3) is 6.40. The molecule has 1 rings (SSSR count). The molecule has 0 unspecified atom stereocenters. The molecule has 1 aromatic heterocycles. The molecule has 0 amide bonds. The molecular formula is C14H18O3. The molecular weight excluding hydrogens is 216 g/mol. The Labute approximate surface area is 102 Å². The number of furan rings is 1. The Bertz CT molecular complexity index is 361. The molecule has 0 aliphatic heterocycles. The van der Waals surface area contributed by atoms with Crippen LogP contribution in [-0.2, 0) is 9.53 Å². The summed E-state index contributed by atoms with van der Waals surface area (Å²) in [5.41, 5.74) is 1.09. The minimum absolute atomic E-state index is 0.287. The summed E-state index contributed by atoms with van der Waals surface area (Å²) in [6, 6.07) is 1.93. The summed E-state index contributed by atoms with van der Waals surface area (Å²) < 4.78 is 9.44. The fraction of sp³-hybridized carbons (Fsp3) is 0.357. The molecule has 0 aliphatic rings.